The quantitative estimate of drug-likeness (QED) is 0.0812. The number of nitrogens with one attached hydrogen (secondary N) is 1. The van der Waals surface area contributed by atoms with Crippen LogP contribution in [0.5, 0.6) is 0 Å². The number of aliphatic carboxylic acids is 1. The van der Waals surface area contributed by atoms with E-state index in [1.807, 2.05) is 0 Å². The molecule has 0 bridgehead atoms. The number of hydrogen-bond acceptors (Lipinski definition) is 17. The first-order chi connectivity index (χ1) is 22.0. The highest BCUT2D eigenvalue weighted by Gasteiger charge is 2.60. The molecule has 11 N–H and O–H groups in total. The van der Waals surface area contributed by atoms with Gasteiger partial charge in [0.05, 0.1) is 44.2 Å². The van der Waals surface area contributed by atoms with Crippen molar-refractivity contribution in [1.29, 1.82) is 0 Å². The van der Waals surface area contributed by atoms with E-state index >= 15 is 0 Å². The van der Waals surface area contributed by atoms with Crippen molar-refractivity contribution in [2.75, 3.05) is 19.8 Å². The van der Waals surface area contributed by atoms with Gasteiger partial charge in [-0.3, -0.25) is 9.59 Å². The number of ether oxygens (including phenoxy) is 5. The van der Waals surface area contributed by atoms with Gasteiger partial charge < -0.3 is 80.1 Å². The zero-order valence-electron chi connectivity index (χ0n) is 26.1. The van der Waals surface area contributed by atoms with Crippen molar-refractivity contribution in [3.8, 4) is 0 Å². The fourth-order valence-corrected chi connectivity index (χ4v) is 6.14. The monoisotopic (exact) mass is 685 g/mol. The van der Waals surface area contributed by atoms with Gasteiger partial charge in [-0.2, -0.15) is 0 Å². The summed E-state index contributed by atoms with van der Waals surface area (Å²) in [5.41, 5.74) is 0. The van der Waals surface area contributed by atoms with Crippen molar-refractivity contribution in [3.63, 3.8) is 0 Å². The topological polar surface area (TPSA) is 312 Å². The zero-order chi connectivity index (χ0) is 35.4. The molecule has 0 aromatic heterocycles. The van der Waals surface area contributed by atoms with E-state index in [1.165, 1.54) is 20.8 Å². The Kier molecular flexibility index (Phi) is 14.0. The van der Waals surface area contributed by atoms with Crippen molar-refractivity contribution in [3.05, 3.63) is 0 Å². The predicted molar refractivity (Wildman–Crippen MR) is 151 cm³/mol. The standard InChI is InChI=1S/C28H47NO18/c1-4-12(34)5-13-14(35)6-28(27(41)42,46-23(13)19(37)15(36)7-30)47-25-21(39)17(9-32)44-26(22(25)40)45-24-18(29-11(3)33)10(2)43-16(8-31)20(24)38/h10,13-26,30-32,35-40H,4-9H2,1-3H3,(H,29,33)(H,41,42)/t10?,13?,14?,15-,16?,17?,18-,19?,20+,21+,22+,23?,24-,25+,26?,28?/m1/s1. The second-order valence-electron chi connectivity index (χ2n) is 12.1. The molecule has 0 aromatic carbocycles. The third-order valence-corrected chi connectivity index (χ3v) is 8.78. The van der Waals surface area contributed by atoms with Crippen LogP contribution in [0.4, 0.5) is 0 Å². The third kappa shape index (κ3) is 8.62. The molecule has 19 nitrogen and oxygen atoms in total. The van der Waals surface area contributed by atoms with E-state index in [1.54, 1.807) is 0 Å². The Morgan fingerprint density at radius 1 is 0.957 bits per heavy atom. The summed E-state index contributed by atoms with van der Waals surface area (Å²) >= 11 is 0. The van der Waals surface area contributed by atoms with Crippen LogP contribution in [0.15, 0.2) is 0 Å². The first-order valence-corrected chi connectivity index (χ1v) is 15.3. The molecule has 3 aliphatic heterocycles. The maximum Gasteiger partial charge on any atom is 0.364 e. The van der Waals surface area contributed by atoms with E-state index in [0.29, 0.717) is 0 Å². The number of aliphatic hydroxyl groups excluding tert-OH is 9. The molecule has 1 amide bonds. The van der Waals surface area contributed by atoms with E-state index in [2.05, 4.69) is 5.32 Å². The molecule has 3 fully saturated rings. The molecule has 19 heteroatoms. The summed E-state index contributed by atoms with van der Waals surface area (Å²) in [6.07, 6.45) is -23.6. The van der Waals surface area contributed by atoms with Gasteiger partial charge in [-0.15, -0.1) is 0 Å². The SMILES string of the molecule is CCC(=O)CC1C(O)CC(O[C@@H]2[C@H](O)C(O[C@@H]3[C@H](NC(C)=O)C(C)OC(CO)[C@@H]3O)OC(CO)[C@@H]2O)(C(=O)O)OC1C(O)[C@H](O)CO. The number of rotatable bonds is 14. The molecule has 0 spiro atoms. The van der Waals surface area contributed by atoms with Crippen LogP contribution >= 0.6 is 0 Å². The van der Waals surface area contributed by atoms with Gasteiger partial charge in [0, 0.05) is 32.1 Å². The van der Waals surface area contributed by atoms with Gasteiger partial charge in [0.2, 0.25) is 5.91 Å². The Morgan fingerprint density at radius 2 is 1.55 bits per heavy atom. The highest BCUT2D eigenvalue weighted by atomic mass is 16.8. The van der Waals surface area contributed by atoms with Crippen LogP contribution in [0.25, 0.3) is 0 Å². The number of carboxylic acid groups (broad SMARTS) is 1. The molecule has 0 aromatic rings. The Balaban J connectivity index is 1.98. The minimum Gasteiger partial charge on any atom is -0.477 e. The van der Waals surface area contributed by atoms with Crippen molar-refractivity contribution in [2.45, 2.75) is 131 Å². The minimum absolute atomic E-state index is 0.0159. The van der Waals surface area contributed by atoms with Crippen molar-refractivity contribution >= 4 is 17.7 Å². The van der Waals surface area contributed by atoms with Crippen LogP contribution in [0, 0.1) is 5.92 Å². The summed E-state index contributed by atoms with van der Waals surface area (Å²) in [7, 11) is 0. The van der Waals surface area contributed by atoms with Crippen molar-refractivity contribution in [2.24, 2.45) is 5.92 Å². The number of carbonyl (C=O) groups is 3. The fourth-order valence-electron chi connectivity index (χ4n) is 6.14. The molecule has 3 saturated heterocycles. The molecule has 272 valence electrons. The molecule has 16 atom stereocenters. The molecule has 47 heavy (non-hydrogen) atoms. The maximum atomic E-state index is 12.7. The summed E-state index contributed by atoms with van der Waals surface area (Å²) in [4.78, 5) is 36.9. The normalized spacial score (nSPS) is 42.3. The lowest BCUT2D eigenvalue weighted by Gasteiger charge is -2.51. The summed E-state index contributed by atoms with van der Waals surface area (Å²) in [6.45, 7) is 1.62. The van der Waals surface area contributed by atoms with E-state index in [0.717, 1.165) is 0 Å². The second-order valence-corrected chi connectivity index (χ2v) is 12.1. The van der Waals surface area contributed by atoms with Gasteiger partial charge in [-0.25, -0.2) is 4.79 Å². The molecule has 3 rings (SSSR count). The van der Waals surface area contributed by atoms with Crippen LogP contribution in [0.1, 0.15) is 40.0 Å². The maximum absolute atomic E-state index is 12.7. The molecule has 0 saturated carbocycles. The van der Waals surface area contributed by atoms with Crippen LogP contribution in [-0.4, -0.2) is 180 Å². The molecular formula is C28H47NO18. The zero-order valence-corrected chi connectivity index (χ0v) is 26.1. The van der Waals surface area contributed by atoms with Gasteiger partial charge in [-0.1, -0.05) is 6.92 Å². The molecule has 9 unspecified atom stereocenters. The summed E-state index contributed by atoms with van der Waals surface area (Å²) in [6, 6.07) is -1.08. The summed E-state index contributed by atoms with van der Waals surface area (Å²) in [5, 5.41) is 107. The van der Waals surface area contributed by atoms with Crippen LogP contribution in [-0.2, 0) is 38.1 Å². The third-order valence-electron chi connectivity index (χ3n) is 8.78. The van der Waals surface area contributed by atoms with E-state index in [4.69, 9.17) is 23.7 Å². The Hall–Kier alpha value is -1.95. The van der Waals surface area contributed by atoms with E-state index in [9.17, 15) is 65.4 Å². The number of aliphatic hydroxyl groups is 9. The highest BCUT2D eigenvalue weighted by molar-refractivity contribution is 5.79. The Bertz CT molecular complexity index is 1070. The fraction of sp³-hybridized carbons (Fsp3) is 0.893. The number of hydrogen-bond donors (Lipinski definition) is 11. The van der Waals surface area contributed by atoms with Crippen LogP contribution < -0.4 is 5.32 Å². The first-order valence-electron chi connectivity index (χ1n) is 15.3. The average Bonchev–Trinajstić information content (AvgIpc) is 3.03. The molecule has 3 aliphatic rings. The van der Waals surface area contributed by atoms with Gasteiger partial charge in [0.1, 0.15) is 60.7 Å². The van der Waals surface area contributed by atoms with Crippen molar-refractivity contribution in [1.82, 2.24) is 5.32 Å². The number of carbonyl (C=O) groups excluding carboxylic acids is 2. The molecule has 0 radical (unpaired) electrons. The number of amides is 1. The second kappa shape index (κ2) is 16.6. The lowest BCUT2D eigenvalue weighted by atomic mass is 9.80. The van der Waals surface area contributed by atoms with Crippen molar-refractivity contribution < 1.29 is 89.1 Å². The lowest BCUT2D eigenvalue weighted by molar-refractivity contribution is -0.381. The Labute approximate surface area is 269 Å². The predicted octanol–water partition coefficient (Wildman–Crippen LogP) is -5.53. The van der Waals surface area contributed by atoms with Crippen LogP contribution in [0.2, 0.25) is 0 Å². The number of Topliss-reactive ketones (excluding diaryl/α,β-unsaturated/α-hetero) is 1. The lowest BCUT2D eigenvalue weighted by Crippen LogP contribution is -2.69. The first kappa shape index (κ1) is 39.5. The minimum atomic E-state index is -2.96. The van der Waals surface area contributed by atoms with Gasteiger partial charge >= 0.3 is 5.97 Å². The molecule has 0 aliphatic carbocycles. The van der Waals surface area contributed by atoms with Gasteiger partial charge in [-0.05, 0) is 6.92 Å². The summed E-state index contributed by atoms with van der Waals surface area (Å²) < 4.78 is 28.3. The highest BCUT2D eigenvalue weighted by Crippen LogP contribution is 2.41. The van der Waals surface area contributed by atoms with Gasteiger partial charge in [0.25, 0.3) is 5.79 Å². The molecular weight excluding hydrogens is 638 g/mol. The van der Waals surface area contributed by atoms with Gasteiger partial charge in [0.15, 0.2) is 6.29 Å². The van der Waals surface area contributed by atoms with E-state index in [-0.39, 0.29) is 6.42 Å². The van der Waals surface area contributed by atoms with E-state index < -0.39 is 148 Å². The Morgan fingerprint density at radius 3 is 2.09 bits per heavy atom. The molecule has 3 heterocycles. The smallest absolute Gasteiger partial charge is 0.364 e. The number of ketones is 1. The largest absolute Gasteiger partial charge is 0.477 e. The van der Waals surface area contributed by atoms with Crippen LogP contribution in [0.3, 0.4) is 0 Å². The average molecular weight is 686 g/mol. The summed E-state index contributed by atoms with van der Waals surface area (Å²) in [5.74, 6) is -7.11. The number of carboxylic acids is 1.